The van der Waals surface area contributed by atoms with Crippen molar-refractivity contribution in [1.82, 2.24) is 14.5 Å². The lowest BCUT2D eigenvalue weighted by Gasteiger charge is -2.16. The fourth-order valence-electron chi connectivity index (χ4n) is 4.14. The first kappa shape index (κ1) is 19.6. The molecule has 0 radical (unpaired) electrons. The van der Waals surface area contributed by atoms with Gasteiger partial charge in [0.05, 0.1) is 0 Å². The van der Waals surface area contributed by atoms with E-state index in [4.69, 9.17) is 0 Å². The summed E-state index contributed by atoms with van der Waals surface area (Å²) in [5, 5.41) is 4.24. The van der Waals surface area contributed by atoms with E-state index in [0.29, 0.717) is 11.6 Å². The van der Waals surface area contributed by atoms with Crippen molar-refractivity contribution in [2.45, 2.75) is 30.6 Å². The largest absolute Gasteiger partial charge is 0.340 e. The Kier molecular flexibility index (Phi) is 5.34. The molecule has 2 heterocycles. The fourth-order valence-corrected chi connectivity index (χ4v) is 4.72. The van der Waals surface area contributed by atoms with Crippen LogP contribution < -0.4 is 10.0 Å². The van der Waals surface area contributed by atoms with Crippen molar-refractivity contribution in [2.75, 3.05) is 10.0 Å². The summed E-state index contributed by atoms with van der Waals surface area (Å²) in [7, 11) is 1.96. The second kappa shape index (κ2) is 8.43. The molecule has 1 amide bonds. The summed E-state index contributed by atoms with van der Waals surface area (Å²) < 4.78 is 5.09. The van der Waals surface area contributed by atoms with E-state index in [-0.39, 0.29) is 5.91 Å². The molecule has 1 aliphatic carbocycles. The molecule has 1 aliphatic rings. The molecule has 0 saturated carbocycles. The van der Waals surface area contributed by atoms with Gasteiger partial charge in [-0.2, -0.15) is 0 Å². The van der Waals surface area contributed by atoms with Gasteiger partial charge in [0.25, 0.3) is 5.91 Å². The normalized spacial score (nSPS) is 13.1. The maximum Gasteiger partial charge on any atom is 0.272 e. The summed E-state index contributed by atoms with van der Waals surface area (Å²) in [5.41, 5.74) is 5.40. The van der Waals surface area contributed by atoms with E-state index in [0.717, 1.165) is 28.9 Å². The van der Waals surface area contributed by atoms with Crippen LogP contribution in [0.15, 0.2) is 65.8 Å². The number of benzene rings is 2. The number of nitrogens with zero attached hydrogens (tertiary/aromatic N) is 3. The van der Waals surface area contributed by atoms with E-state index in [1.54, 1.807) is 18.5 Å². The minimum atomic E-state index is -0.0977. The number of hydrogen-bond donors (Lipinski definition) is 2. The van der Waals surface area contributed by atoms with Gasteiger partial charge in [-0.1, -0.05) is 6.07 Å². The predicted octanol–water partition coefficient (Wildman–Crippen LogP) is 5.22. The molecule has 0 aliphatic heterocycles. The SMILES string of the molecule is Cn1c(C(=O)Nc2ccc(SNc3ncccn3)cc2)cc2c3c(ccc21)CCCC3. The molecule has 2 aromatic carbocycles. The van der Waals surface area contributed by atoms with Crippen molar-refractivity contribution in [3.8, 4) is 0 Å². The Labute approximate surface area is 185 Å². The van der Waals surface area contributed by atoms with Gasteiger partial charge in [0, 0.05) is 40.9 Å². The number of carbonyl (C=O) groups excluding carboxylic acids is 1. The zero-order valence-electron chi connectivity index (χ0n) is 17.3. The number of amides is 1. The van der Waals surface area contributed by atoms with Crippen LogP contribution in [0.3, 0.4) is 0 Å². The van der Waals surface area contributed by atoms with Crippen LogP contribution in [0, 0.1) is 0 Å². The standard InChI is InChI=1S/C24H23N5OS/c1-29-21-12-7-16-5-2-3-6-19(16)20(21)15-22(29)23(30)27-17-8-10-18(11-9-17)31-28-24-25-13-4-14-26-24/h4,7-15H,2-3,5-6H2,1H3,(H,27,30)(H,25,26,28). The number of rotatable bonds is 5. The first-order valence-corrected chi connectivity index (χ1v) is 11.2. The number of carbonyl (C=O) groups is 1. The number of hydrogen-bond acceptors (Lipinski definition) is 5. The Morgan fingerprint density at radius 1 is 1.03 bits per heavy atom. The molecule has 0 saturated heterocycles. The van der Waals surface area contributed by atoms with Gasteiger partial charge in [0.2, 0.25) is 5.95 Å². The molecule has 31 heavy (non-hydrogen) atoms. The third-order valence-corrected chi connectivity index (χ3v) is 6.52. The van der Waals surface area contributed by atoms with Crippen LogP contribution in [0.1, 0.15) is 34.5 Å². The van der Waals surface area contributed by atoms with Crippen molar-refractivity contribution in [3.63, 3.8) is 0 Å². The van der Waals surface area contributed by atoms with Crippen LogP contribution >= 0.6 is 11.9 Å². The summed E-state index contributed by atoms with van der Waals surface area (Å²) in [5.74, 6) is 0.460. The Hall–Kier alpha value is -3.32. The Bertz CT molecular complexity index is 1230. The van der Waals surface area contributed by atoms with Crippen molar-refractivity contribution >= 4 is 40.4 Å². The highest BCUT2D eigenvalue weighted by Gasteiger charge is 2.19. The van der Waals surface area contributed by atoms with E-state index in [9.17, 15) is 4.79 Å². The monoisotopic (exact) mass is 429 g/mol. The van der Waals surface area contributed by atoms with Gasteiger partial charge in [-0.15, -0.1) is 0 Å². The number of aromatic nitrogens is 3. The molecule has 0 atom stereocenters. The van der Waals surface area contributed by atoms with Crippen LogP contribution in [-0.4, -0.2) is 20.4 Å². The molecule has 2 N–H and O–H groups in total. The quantitative estimate of drug-likeness (QED) is 0.426. The van der Waals surface area contributed by atoms with Gasteiger partial charge in [0.15, 0.2) is 0 Å². The van der Waals surface area contributed by atoms with E-state index in [2.05, 4.69) is 32.1 Å². The van der Waals surface area contributed by atoms with E-state index in [1.165, 1.54) is 41.3 Å². The van der Waals surface area contributed by atoms with Crippen molar-refractivity contribution in [1.29, 1.82) is 0 Å². The molecule has 0 fully saturated rings. The Morgan fingerprint density at radius 2 is 1.81 bits per heavy atom. The summed E-state index contributed by atoms with van der Waals surface area (Å²) in [6, 6.07) is 15.9. The molecule has 0 spiro atoms. The van der Waals surface area contributed by atoms with Crippen molar-refractivity contribution in [3.05, 3.63) is 77.7 Å². The van der Waals surface area contributed by atoms with Gasteiger partial charge in [-0.05, 0) is 91.2 Å². The van der Waals surface area contributed by atoms with Crippen LogP contribution in [0.25, 0.3) is 10.9 Å². The average molecular weight is 430 g/mol. The average Bonchev–Trinajstić information content (AvgIpc) is 3.16. The van der Waals surface area contributed by atoms with E-state index in [1.807, 2.05) is 41.9 Å². The molecule has 0 bridgehead atoms. The van der Waals surface area contributed by atoms with E-state index >= 15 is 0 Å². The van der Waals surface area contributed by atoms with Gasteiger partial charge in [-0.3, -0.25) is 9.52 Å². The van der Waals surface area contributed by atoms with Crippen molar-refractivity contribution < 1.29 is 4.79 Å². The third kappa shape index (κ3) is 4.01. The van der Waals surface area contributed by atoms with Gasteiger partial charge in [0.1, 0.15) is 5.69 Å². The lowest BCUT2D eigenvalue weighted by atomic mass is 9.89. The molecule has 6 nitrogen and oxygen atoms in total. The summed E-state index contributed by atoms with van der Waals surface area (Å²) in [6.45, 7) is 0. The van der Waals surface area contributed by atoms with Gasteiger partial charge in [-0.25, -0.2) is 9.97 Å². The Morgan fingerprint density at radius 3 is 2.61 bits per heavy atom. The number of anilines is 2. The topological polar surface area (TPSA) is 71.8 Å². The molecular formula is C24H23N5OS. The minimum Gasteiger partial charge on any atom is -0.340 e. The van der Waals surface area contributed by atoms with Crippen LogP contribution in [0.2, 0.25) is 0 Å². The Balaban J connectivity index is 1.31. The molecule has 7 heteroatoms. The van der Waals surface area contributed by atoms with Crippen LogP contribution in [0.4, 0.5) is 11.6 Å². The first-order chi connectivity index (χ1) is 15.2. The highest BCUT2D eigenvalue weighted by Crippen LogP contribution is 2.31. The molecular weight excluding hydrogens is 406 g/mol. The zero-order valence-corrected chi connectivity index (χ0v) is 18.1. The zero-order chi connectivity index (χ0) is 21.2. The van der Waals surface area contributed by atoms with Crippen LogP contribution in [-0.2, 0) is 19.9 Å². The smallest absolute Gasteiger partial charge is 0.272 e. The molecule has 4 aromatic rings. The predicted molar refractivity (Wildman–Crippen MR) is 125 cm³/mol. The molecule has 156 valence electrons. The van der Waals surface area contributed by atoms with Crippen LogP contribution in [0.5, 0.6) is 0 Å². The maximum atomic E-state index is 13.0. The third-order valence-electron chi connectivity index (χ3n) is 5.73. The summed E-state index contributed by atoms with van der Waals surface area (Å²) in [4.78, 5) is 22.3. The highest BCUT2D eigenvalue weighted by atomic mass is 32.2. The van der Waals surface area contributed by atoms with Gasteiger partial charge >= 0.3 is 0 Å². The summed E-state index contributed by atoms with van der Waals surface area (Å²) in [6.07, 6.45) is 8.09. The van der Waals surface area contributed by atoms with E-state index < -0.39 is 0 Å². The second-order valence-electron chi connectivity index (χ2n) is 7.69. The molecule has 5 rings (SSSR count). The highest BCUT2D eigenvalue weighted by molar-refractivity contribution is 8.00. The number of nitrogens with one attached hydrogen (secondary N) is 2. The first-order valence-electron chi connectivity index (χ1n) is 10.4. The maximum absolute atomic E-state index is 13.0. The minimum absolute atomic E-state index is 0.0977. The fraction of sp³-hybridized carbons (Fsp3) is 0.208. The summed E-state index contributed by atoms with van der Waals surface area (Å²) >= 11 is 1.42. The number of fused-ring (bicyclic) bond motifs is 3. The molecule has 0 unspecified atom stereocenters. The lowest BCUT2D eigenvalue weighted by molar-refractivity contribution is 0.101. The lowest BCUT2D eigenvalue weighted by Crippen LogP contribution is -2.15. The van der Waals surface area contributed by atoms with Gasteiger partial charge < -0.3 is 9.88 Å². The number of aryl methyl sites for hydroxylation is 3. The second-order valence-corrected chi connectivity index (χ2v) is 8.57. The van der Waals surface area contributed by atoms with Crippen molar-refractivity contribution in [2.24, 2.45) is 7.05 Å². The molecule has 2 aromatic heterocycles.